The zero-order valence-electron chi connectivity index (χ0n) is 25.5. The fourth-order valence-corrected chi connectivity index (χ4v) is 5.08. The van der Waals surface area contributed by atoms with Crippen molar-refractivity contribution >= 4 is 5.97 Å². The number of hydrogen-bond acceptors (Lipinski definition) is 3. The lowest BCUT2D eigenvalue weighted by Gasteiger charge is -2.30. The van der Waals surface area contributed by atoms with Crippen LogP contribution >= 0.6 is 0 Å². The van der Waals surface area contributed by atoms with E-state index in [1.165, 1.54) is 88.2 Å². The standard InChI is InChI=1S/C35H56NO3/c1-5-6-7-8-9-10-11-12-13-14-15-17-21-32-24-20-25-34(28-32)38-30-39-35(37)31(2)26-27-36(3,4)29-33-22-18-16-19-23-33/h16,18-20,22-25,28,31H,5-15,17,21,26-27,29-30H2,1-4H3/q+1. The summed E-state index contributed by atoms with van der Waals surface area (Å²) in [5, 5.41) is 0. The Balaban J connectivity index is 1.55. The minimum atomic E-state index is -0.192. The fraction of sp³-hybridized carbons (Fsp3) is 0.629. The fourth-order valence-electron chi connectivity index (χ4n) is 5.08. The van der Waals surface area contributed by atoms with Gasteiger partial charge >= 0.3 is 5.97 Å². The lowest BCUT2D eigenvalue weighted by atomic mass is 10.0. The molecule has 1 unspecified atom stereocenters. The first-order valence-corrected chi connectivity index (χ1v) is 15.6. The van der Waals surface area contributed by atoms with Crippen LogP contribution in [-0.4, -0.2) is 37.9 Å². The van der Waals surface area contributed by atoms with E-state index in [2.05, 4.69) is 57.4 Å². The highest BCUT2D eigenvalue weighted by Crippen LogP contribution is 2.18. The summed E-state index contributed by atoms with van der Waals surface area (Å²) >= 11 is 0. The third-order valence-corrected chi connectivity index (χ3v) is 7.67. The monoisotopic (exact) mass is 538 g/mol. The van der Waals surface area contributed by atoms with Gasteiger partial charge in [-0.25, -0.2) is 0 Å². The Kier molecular flexibility index (Phi) is 16.6. The van der Waals surface area contributed by atoms with Crippen molar-refractivity contribution in [2.24, 2.45) is 5.92 Å². The van der Waals surface area contributed by atoms with Crippen molar-refractivity contribution in [1.29, 1.82) is 0 Å². The maximum atomic E-state index is 12.5. The van der Waals surface area contributed by atoms with Gasteiger partial charge in [0.15, 0.2) is 0 Å². The molecular formula is C35H56NO3+. The number of nitrogens with zero attached hydrogens (tertiary/aromatic N) is 1. The highest BCUT2D eigenvalue weighted by molar-refractivity contribution is 5.71. The summed E-state index contributed by atoms with van der Waals surface area (Å²) in [6.07, 6.45) is 18.3. The van der Waals surface area contributed by atoms with Crippen LogP contribution in [0.25, 0.3) is 0 Å². The second-order valence-corrected chi connectivity index (χ2v) is 12.0. The Morgan fingerprint density at radius 1 is 0.769 bits per heavy atom. The minimum Gasteiger partial charge on any atom is -0.457 e. The van der Waals surface area contributed by atoms with Crippen LogP contribution < -0.4 is 4.74 Å². The molecule has 0 heterocycles. The molecule has 0 aliphatic heterocycles. The normalized spacial score (nSPS) is 12.3. The SMILES string of the molecule is CCCCCCCCCCCCCCc1cccc(OCOC(=O)C(C)CC[N+](C)(C)Cc2ccccc2)c1. The number of hydrogen-bond donors (Lipinski definition) is 0. The van der Waals surface area contributed by atoms with Gasteiger partial charge in [-0.2, -0.15) is 0 Å². The molecule has 0 aromatic heterocycles. The summed E-state index contributed by atoms with van der Waals surface area (Å²) in [6, 6.07) is 18.7. The smallest absolute Gasteiger partial charge is 0.311 e. The maximum absolute atomic E-state index is 12.5. The van der Waals surface area contributed by atoms with Gasteiger partial charge in [0.25, 0.3) is 0 Å². The molecule has 0 radical (unpaired) electrons. The average Bonchev–Trinajstić information content (AvgIpc) is 2.93. The van der Waals surface area contributed by atoms with Crippen molar-refractivity contribution in [3.63, 3.8) is 0 Å². The lowest BCUT2D eigenvalue weighted by molar-refractivity contribution is -0.904. The Bertz CT molecular complexity index is 896. The molecule has 0 saturated heterocycles. The van der Waals surface area contributed by atoms with Gasteiger partial charge in [0.05, 0.1) is 26.6 Å². The number of quaternary nitrogens is 1. The number of rotatable bonds is 22. The van der Waals surface area contributed by atoms with E-state index in [1.807, 2.05) is 25.1 Å². The maximum Gasteiger partial charge on any atom is 0.311 e. The van der Waals surface area contributed by atoms with E-state index in [0.29, 0.717) is 0 Å². The quantitative estimate of drug-likeness (QED) is 0.0649. The van der Waals surface area contributed by atoms with E-state index in [-0.39, 0.29) is 18.7 Å². The third-order valence-electron chi connectivity index (χ3n) is 7.67. The zero-order valence-corrected chi connectivity index (χ0v) is 25.5. The molecule has 1 atom stereocenters. The van der Waals surface area contributed by atoms with Crippen LogP contribution in [-0.2, 0) is 22.5 Å². The highest BCUT2D eigenvalue weighted by Gasteiger charge is 2.21. The molecular weight excluding hydrogens is 482 g/mol. The summed E-state index contributed by atoms with van der Waals surface area (Å²) < 4.78 is 12.0. The minimum absolute atomic E-state index is 0.0342. The van der Waals surface area contributed by atoms with Crippen molar-refractivity contribution in [3.8, 4) is 5.75 Å². The van der Waals surface area contributed by atoms with Crippen molar-refractivity contribution < 1.29 is 18.8 Å². The molecule has 2 aromatic carbocycles. The van der Waals surface area contributed by atoms with Gasteiger partial charge in [-0.1, -0.05) is 127 Å². The average molecular weight is 539 g/mol. The first-order valence-electron chi connectivity index (χ1n) is 15.6. The van der Waals surface area contributed by atoms with Gasteiger partial charge in [0.1, 0.15) is 12.3 Å². The number of benzene rings is 2. The van der Waals surface area contributed by atoms with E-state index >= 15 is 0 Å². The van der Waals surface area contributed by atoms with E-state index in [4.69, 9.17) is 9.47 Å². The van der Waals surface area contributed by atoms with Gasteiger partial charge in [0.2, 0.25) is 6.79 Å². The van der Waals surface area contributed by atoms with Crippen LogP contribution in [0.1, 0.15) is 108 Å². The van der Waals surface area contributed by atoms with Crippen molar-refractivity contribution in [2.45, 2.75) is 110 Å². The molecule has 0 fully saturated rings. The predicted octanol–water partition coefficient (Wildman–Crippen LogP) is 9.11. The number of esters is 1. The molecule has 0 N–H and O–H groups in total. The second-order valence-electron chi connectivity index (χ2n) is 12.0. The van der Waals surface area contributed by atoms with Gasteiger partial charge in [-0.15, -0.1) is 0 Å². The molecule has 39 heavy (non-hydrogen) atoms. The van der Waals surface area contributed by atoms with Crippen LogP contribution in [0.5, 0.6) is 5.75 Å². The van der Waals surface area contributed by atoms with Crippen molar-refractivity contribution in [2.75, 3.05) is 27.4 Å². The van der Waals surface area contributed by atoms with Crippen LogP contribution in [0.3, 0.4) is 0 Å². The molecule has 4 nitrogen and oxygen atoms in total. The first-order chi connectivity index (χ1) is 18.9. The summed E-state index contributed by atoms with van der Waals surface area (Å²) in [7, 11) is 4.41. The molecule has 4 heteroatoms. The summed E-state index contributed by atoms with van der Waals surface area (Å²) in [5.74, 6) is 0.425. The second kappa shape index (κ2) is 19.7. The third kappa shape index (κ3) is 15.8. The van der Waals surface area contributed by atoms with E-state index in [1.54, 1.807) is 0 Å². The van der Waals surface area contributed by atoms with E-state index < -0.39 is 0 Å². The van der Waals surface area contributed by atoms with E-state index in [9.17, 15) is 4.79 Å². The Morgan fingerprint density at radius 2 is 1.36 bits per heavy atom. The molecule has 2 rings (SSSR count). The number of carbonyl (C=O) groups excluding carboxylic acids is 1. The number of aryl methyl sites for hydroxylation is 1. The van der Waals surface area contributed by atoms with Crippen LogP contribution in [0.4, 0.5) is 0 Å². The van der Waals surface area contributed by atoms with Gasteiger partial charge in [-0.3, -0.25) is 4.79 Å². The lowest BCUT2D eigenvalue weighted by Crippen LogP contribution is -2.40. The highest BCUT2D eigenvalue weighted by atomic mass is 16.7. The molecule has 0 amide bonds. The zero-order chi connectivity index (χ0) is 28.2. The molecule has 0 aliphatic rings. The summed E-state index contributed by atoms with van der Waals surface area (Å²) in [4.78, 5) is 12.5. The molecule has 0 saturated carbocycles. The topological polar surface area (TPSA) is 35.5 Å². The Labute approximate surface area is 239 Å². The first kappa shape index (κ1) is 32.9. The predicted molar refractivity (Wildman–Crippen MR) is 164 cm³/mol. The number of unbranched alkanes of at least 4 members (excludes halogenated alkanes) is 11. The van der Waals surface area contributed by atoms with Crippen molar-refractivity contribution in [3.05, 3.63) is 65.7 Å². The van der Waals surface area contributed by atoms with Crippen molar-refractivity contribution in [1.82, 2.24) is 0 Å². The van der Waals surface area contributed by atoms with Crippen LogP contribution in [0, 0.1) is 5.92 Å². The molecule has 2 aromatic rings. The van der Waals surface area contributed by atoms with Gasteiger partial charge in [0, 0.05) is 12.0 Å². The largest absolute Gasteiger partial charge is 0.457 e. The molecule has 0 bridgehead atoms. The number of ether oxygens (including phenoxy) is 2. The van der Waals surface area contributed by atoms with Crippen LogP contribution in [0.2, 0.25) is 0 Å². The van der Waals surface area contributed by atoms with Gasteiger partial charge in [-0.05, 0) is 30.5 Å². The van der Waals surface area contributed by atoms with Gasteiger partial charge < -0.3 is 14.0 Å². The van der Waals surface area contributed by atoms with Crippen LogP contribution in [0.15, 0.2) is 54.6 Å². The number of carbonyl (C=O) groups is 1. The molecule has 0 spiro atoms. The Hall–Kier alpha value is -2.33. The Morgan fingerprint density at radius 3 is 2.00 bits per heavy atom. The summed E-state index contributed by atoms with van der Waals surface area (Å²) in [5.41, 5.74) is 2.60. The summed E-state index contributed by atoms with van der Waals surface area (Å²) in [6.45, 7) is 6.05. The van der Waals surface area contributed by atoms with E-state index in [0.717, 1.165) is 36.2 Å². The molecule has 0 aliphatic carbocycles. The molecule has 218 valence electrons.